The molecule has 0 saturated heterocycles. The quantitative estimate of drug-likeness (QED) is 0.634. The van der Waals surface area contributed by atoms with Crippen LogP contribution in [0, 0.1) is 19.8 Å². The zero-order chi connectivity index (χ0) is 22.6. The lowest BCUT2D eigenvalue weighted by Gasteiger charge is -2.45. The van der Waals surface area contributed by atoms with Crippen molar-refractivity contribution in [1.29, 1.82) is 0 Å². The highest BCUT2D eigenvalue weighted by atomic mass is 16.3. The molecule has 168 valence electrons. The number of nitrogens with zero attached hydrogens (tertiary/aromatic N) is 2. The molecule has 3 aromatic rings. The molecule has 32 heavy (non-hydrogen) atoms. The number of nitrogens with one attached hydrogen (secondary N) is 1. The number of anilines is 1. The van der Waals surface area contributed by atoms with Gasteiger partial charge in [-0.2, -0.15) is 0 Å². The Bertz CT molecular complexity index is 1200. The predicted molar refractivity (Wildman–Crippen MR) is 125 cm³/mol. The molecule has 5 rings (SSSR count). The monoisotopic (exact) mass is 433 g/mol. The molecule has 1 N–H and O–H groups in total. The lowest BCUT2D eigenvalue weighted by Crippen LogP contribution is -2.65. The number of aryl methyl sites for hydroxylation is 2. The molecule has 1 aromatic carbocycles. The molecule has 1 aliphatic heterocycles. The molecule has 1 saturated carbocycles. The maximum Gasteiger partial charge on any atom is 0.276 e. The van der Waals surface area contributed by atoms with E-state index in [0.29, 0.717) is 23.7 Å². The van der Waals surface area contributed by atoms with E-state index in [0.717, 1.165) is 48.0 Å². The molecule has 2 amide bonds. The Morgan fingerprint density at radius 3 is 2.59 bits per heavy atom. The van der Waals surface area contributed by atoms with Gasteiger partial charge >= 0.3 is 0 Å². The topological polar surface area (TPSA) is 67.5 Å². The van der Waals surface area contributed by atoms with Crippen LogP contribution >= 0.6 is 0 Å². The first kappa shape index (κ1) is 20.9. The van der Waals surface area contributed by atoms with Gasteiger partial charge in [-0.15, -0.1) is 0 Å². The van der Waals surface area contributed by atoms with Crippen LogP contribution in [0.2, 0.25) is 0 Å². The van der Waals surface area contributed by atoms with Gasteiger partial charge in [0.2, 0.25) is 5.91 Å². The largest absolute Gasteiger partial charge is 0.463 e. The Kier molecular flexibility index (Phi) is 4.91. The van der Waals surface area contributed by atoms with Crippen molar-refractivity contribution >= 4 is 28.6 Å². The van der Waals surface area contributed by atoms with E-state index in [1.165, 1.54) is 0 Å². The van der Waals surface area contributed by atoms with Gasteiger partial charge < -0.3 is 14.3 Å². The van der Waals surface area contributed by atoms with Crippen LogP contribution < -0.4 is 10.2 Å². The Hall–Kier alpha value is -3.02. The van der Waals surface area contributed by atoms with Crippen molar-refractivity contribution in [1.82, 2.24) is 9.88 Å². The van der Waals surface area contributed by atoms with E-state index in [2.05, 4.69) is 18.3 Å². The standard InChI is InChI=1S/C26H31N3O3/c1-16-5-8-19(9-6-16)27-25(31)26(4)15-28-21-11-12-32-23(21)14-22(28)24(30)29(26)20-10-7-17(2)13-18(20)3/h7,10-14,16,19H,5-6,8-9,15H2,1-4H3,(H,27,31)/t16?,19?,26-/m1/s1. The van der Waals surface area contributed by atoms with Gasteiger partial charge in [0.15, 0.2) is 5.58 Å². The summed E-state index contributed by atoms with van der Waals surface area (Å²) >= 11 is 0. The molecule has 0 radical (unpaired) electrons. The van der Waals surface area contributed by atoms with Crippen LogP contribution in [0.4, 0.5) is 5.69 Å². The minimum atomic E-state index is -1.06. The van der Waals surface area contributed by atoms with Gasteiger partial charge in [-0.25, -0.2) is 0 Å². The van der Waals surface area contributed by atoms with Gasteiger partial charge in [-0.05, 0) is 64.0 Å². The highest BCUT2D eigenvalue weighted by Gasteiger charge is 2.49. The number of carbonyl (C=O) groups is 2. The number of rotatable bonds is 3. The van der Waals surface area contributed by atoms with Crippen LogP contribution in [0.15, 0.2) is 41.0 Å². The first-order valence-electron chi connectivity index (χ1n) is 11.6. The average molecular weight is 434 g/mol. The van der Waals surface area contributed by atoms with Crippen molar-refractivity contribution in [3.63, 3.8) is 0 Å². The number of aromatic nitrogens is 1. The van der Waals surface area contributed by atoms with Crippen molar-refractivity contribution in [2.24, 2.45) is 5.92 Å². The summed E-state index contributed by atoms with van der Waals surface area (Å²) in [4.78, 5) is 29.4. The highest BCUT2D eigenvalue weighted by molar-refractivity contribution is 6.14. The Balaban J connectivity index is 1.59. The highest BCUT2D eigenvalue weighted by Crippen LogP contribution is 2.38. The van der Waals surface area contributed by atoms with E-state index in [4.69, 9.17) is 4.42 Å². The fourth-order valence-electron chi connectivity index (χ4n) is 5.39. The minimum Gasteiger partial charge on any atom is -0.463 e. The average Bonchev–Trinajstić information content (AvgIpc) is 3.34. The second kappa shape index (κ2) is 7.54. The molecule has 2 aromatic heterocycles. The second-order valence-corrected chi connectivity index (χ2v) is 9.92. The van der Waals surface area contributed by atoms with Crippen LogP contribution in [0.3, 0.4) is 0 Å². The summed E-state index contributed by atoms with van der Waals surface area (Å²) in [5.41, 5.74) is 3.89. The number of benzene rings is 1. The molecule has 1 fully saturated rings. The van der Waals surface area contributed by atoms with E-state index in [1.807, 2.05) is 43.5 Å². The smallest absolute Gasteiger partial charge is 0.276 e. The lowest BCUT2D eigenvalue weighted by atomic mass is 9.86. The molecule has 3 heterocycles. The first-order valence-corrected chi connectivity index (χ1v) is 11.6. The third-order valence-corrected chi connectivity index (χ3v) is 7.34. The van der Waals surface area contributed by atoms with Crippen molar-refractivity contribution in [3.05, 3.63) is 53.4 Å². The summed E-state index contributed by atoms with van der Waals surface area (Å²) < 4.78 is 7.50. The Morgan fingerprint density at radius 1 is 1.12 bits per heavy atom. The Morgan fingerprint density at radius 2 is 1.88 bits per heavy atom. The van der Waals surface area contributed by atoms with E-state index in [1.54, 1.807) is 17.2 Å². The van der Waals surface area contributed by atoms with Gasteiger partial charge in [0.05, 0.1) is 18.3 Å². The van der Waals surface area contributed by atoms with Crippen LogP contribution in [0.1, 0.15) is 61.1 Å². The summed E-state index contributed by atoms with van der Waals surface area (Å²) in [6.07, 6.45) is 5.85. The van der Waals surface area contributed by atoms with Crippen LogP contribution in [0.5, 0.6) is 0 Å². The van der Waals surface area contributed by atoms with Gasteiger partial charge in [0.25, 0.3) is 5.91 Å². The van der Waals surface area contributed by atoms with Crippen LogP contribution in [0.25, 0.3) is 11.1 Å². The summed E-state index contributed by atoms with van der Waals surface area (Å²) in [6, 6.07) is 9.82. The summed E-state index contributed by atoms with van der Waals surface area (Å²) in [5, 5.41) is 3.30. The van der Waals surface area contributed by atoms with Crippen LogP contribution in [-0.2, 0) is 11.3 Å². The van der Waals surface area contributed by atoms with Crippen molar-refractivity contribution in [3.8, 4) is 0 Å². The Labute approximate surface area is 188 Å². The maximum atomic E-state index is 13.9. The molecule has 0 unspecified atom stereocenters. The van der Waals surface area contributed by atoms with Gasteiger partial charge in [-0.1, -0.05) is 24.6 Å². The van der Waals surface area contributed by atoms with Crippen molar-refractivity contribution in [2.45, 2.75) is 71.5 Å². The number of amides is 2. The third kappa shape index (κ3) is 3.24. The van der Waals surface area contributed by atoms with Crippen LogP contribution in [-0.4, -0.2) is 28.0 Å². The van der Waals surface area contributed by atoms with E-state index in [9.17, 15) is 9.59 Å². The SMILES string of the molecule is Cc1ccc(N2C(=O)c3cc4occc4n3C[C@]2(C)C(=O)NC2CCC(C)CC2)c(C)c1. The normalized spacial score (nSPS) is 25.8. The molecule has 1 aliphatic carbocycles. The summed E-state index contributed by atoms with van der Waals surface area (Å²) in [6.45, 7) is 8.56. The molecule has 0 spiro atoms. The maximum absolute atomic E-state index is 13.9. The summed E-state index contributed by atoms with van der Waals surface area (Å²) in [7, 11) is 0. The second-order valence-electron chi connectivity index (χ2n) is 9.92. The number of carbonyl (C=O) groups excluding carboxylic acids is 2. The molecule has 0 bridgehead atoms. The van der Waals surface area contributed by atoms with E-state index in [-0.39, 0.29) is 17.9 Å². The van der Waals surface area contributed by atoms with Gasteiger partial charge in [-0.3, -0.25) is 14.5 Å². The molecule has 1 atom stereocenters. The molecule has 6 heteroatoms. The zero-order valence-corrected chi connectivity index (χ0v) is 19.3. The molecule has 2 aliphatic rings. The zero-order valence-electron chi connectivity index (χ0n) is 19.3. The van der Waals surface area contributed by atoms with Gasteiger partial charge in [0.1, 0.15) is 11.2 Å². The molecule has 6 nitrogen and oxygen atoms in total. The number of fused-ring (bicyclic) bond motifs is 3. The predicted octanol–water partition coefficient (Wildman–Crippen LogP) is 4.97. The fraction of sp³-hybridized carbons (Fsp3) is 0.462. The van der Waals surface area contributed by atoms with Gasteiger partial charge in [0, 0.05) is 23.9 Å². The lowest BCUT2D eigenvalue weighted by molar-refractivity contribution is -0.127. The number of hydrogen-bond acceptors (Lipinski definition) is 3. The minimum absolute atomic E-state index is 0.0960. The van der Waals surface area contributed by atoms with Crippen molar-refractivity contribution in [2.75, 3.05) is 4.90 Å². The third-order valence-electron chi connectivity index (χ3n) is 7.34. The summed E-state index contributed by atoms with van der Waals surface area (Å²) in [5.74, 6) is 0.435. The first-order chi connectivity index (χ1) is 15.3. The molecular weight excluding hydrogens is 402 g/mol. The van der Waals surface area contributed by atoms with E-state index >= 15 is 0 Å². The van der Waals surface area contributed by atoms with Crippen molar-refractivity contribution < 1.29 is 14.0 Å². The number of furan rings is 1. The number of hydrogen-bond donors (Lipinski definition) is 1. The van der Waals surface area contributed by atoms with E-state index < -0.39 is 5.54 Å². The fourth-order valence-corrected chi connectivity index (χ4v) is 5.39. The molecular formula is C26H31N3O3.